The zero-order valence-electron chi connectivity index (χ0n) is 12.8. The van der Waals surface area contributed by atoms with E-state index in [1.165, 1.54) is 0 Å². The first-order chi connectivity index (χ1) is 11.3. The van der Waals surface area contributed by atoms with E-state index < -0.39 is 6.29 Å². The molecule has 0 amide bonds. The molecule has 3 N–H and O–H groups in total. The van der Waals surface area contributed by atoms with Gasteiger partial charge >= 0.3 is 0 Å². The molecule has 0 saturated carbocycles. The van der Waals surface area contributed by atoms with Crippen LogP contribution >= 0.6 is 0 Å². The average Bonchev–Trinajstić information content (AvgIpc) is 2.61. The summed E-state index contributed by atoms with van der Waals surface area (Å²) in [7, 11) is 0. The van der Waals surface area contributed by atoms with Gasteiger partial charge in [0.25, 0.3) is 0 Å². The quantitative estimate of drug-likeness (QED) is 0.734. The van der Waals surface area contributed by atoms with E-state index in [2.05, 4.69) is 5.32 Å². The number of nitrogens with one attached hydrogen (secondary N) is 1. The van der Waals surface area contributed by atoms with Crippen LogP contribution in [0.25, 0.3) is 0 Å². The summed E-state index contributed by atoms with van der Waals surface area (Å²) in [5.41, 5.74) is 1.33. The van der Waals surface area contributed by atoms with Crippen molar-refractivity contribution in [3.05, 3.63) is 65.7 Å². The standard InChI is InChI=1S/C18H21NO4/c20-18(21)14-8-4-5-9-15(14)23-17(13-6-2-1-3-7-13)16-12-19-10-11-22-16/h1-9,16-21H,10-12H2. The van der Waals surface area contributed by atoms with Crippen LogP contribution in [0.2, 0.25) is 0 Å². The average molecular weight is 315 g/mol. The number of aliphatic hydroxyl groups is 2. The molecule has 0 radical (unpaired) electrons. The molecule has 2 aromatic carbocycles. The molecule has 5 heteroatoms. The zero-order chi connectivity index (χ0) is 16.1. The molecule has 1 fully saturated rings. The minimum absolute atomic E-state index is 0.143. The molecule has 0 aromatic heterocycles. The first kappa shape index (κ1) is 16.0. The van der Waals surface area contributed by atoms with Crippen LogP contribution in [0, 0.1) is 0 Å². The molecule has 1 heterocycles. The second-order valence-corrected chi connectivity index (χ2v) is 5.47. The molecule has 1 aliphatic heterocycles. The van der Waals surface area contributed by atoms with Crippen LogP contribution in [0.3, 0.4) is 0 Å². The Morgan fingerprint density at radius 3 is 2.48 bits per heavy atom. The summed E-state index contributed by atoms with van der Waals surface area (Å²) in [6.45, 7) is 2.13. The smallest absolute Gasteiger partial charge is 0.182 e. The van der Waals surface area contributed by atoms with E-state index >= 15 is 0 Å². The van der Waals surface area contributed by atoms with Crippen LogP contribution in [0.1, 0.15) is 23.5 Å². The summed E-state index contributed by atoms with van der Waals surface area (Å²) >= 11 is 0. The van der Waals surface area contributed by atoms with Crippen LogP contribution in [-0.4, -0.2) is 36.0 Å². The van der Waals surface area contributed by atoms with Crippen LogP contribution < -0.4 is 10.1 Å². The molecule has 0 bridgehead atoms. The molecule has 2 unspecified atom stereocenters. The van der Waals surface area contributed by atoms with Crippen molar-refractivity contribution in [1.29, 1.82) is 0 Å². The maximum Gasteiger partial charge on any atom is 0.182 e. The Balaban J connectivity index is 1.90. The number of ether oxygens (including phenoxy) is 2. The lowest BCUT2D eigenvalue weighted by Gasteiger charge is -2.32. The van der Waals surface area contributed by atoms with Gasteiger partial charge < -0.3 is 25.0 Å². The van der Waals surface area contributed by atoms with Crippen LogP contribution in [-0.2, 0) is 4.74 Å². The molecule has 2 aromatic rings. The fraction of sp³-hybridized carbons (Fsp3) is 0.333. The third kappa shape index (κ3) is 3.89. The highest BCUT2D eigenvalue weighted by atomic mass is 16.5. The van der Waals surface area contributed by atoms with E-state index in [0.717, 1.165) is 12.1 Å². The Bertz CT molecular complexity index is 611. The van der Waals surface area contributed by atoms with E-state index in [1.54, 1.807) is 18.2 Å². The minimum Gasteiger partial charge on any atom is -0.482 e. The van der Waals surface area contributed by atoms with Gasteiger partial charge in [-0.25, -0.2) is 0 Å². The van der Waals surface area contributed by atoms with Gasteiger partial charge in [0.1, 0.15) is 11.9 Å². The highest BCUT2D eigenvalue weighted by molar-refractivity contribution is 5.35. The van der Waals surface area contributed by atoms with E-state index in [-0.39, 0.29) is 12.2 Å². The maximum absolute atomic E-state index is 9.53. The summed E-state index contributed by atoms with van der Waals surface area (Å²) in [4.78, 5) is 0. The van der Waals surface area contributed by atoms with Gasteiger partial charge in [-0.2, -0.15) is 0 Å². The lowest BCUT2D eigenvalue weighted by atomic mass is 10.0. The Labute approximate surface area is 135 Å². The van der Waals surface area contributed by atoms with Crippen molar-refractivity contribution in [2.24, 2.45) is 0 Å². The zero-order valence-corrected chi connectivity index (χ0v) is 12.8. The maximum atomic E-state index is 9.53. The van der Waals surface area contributed by atoms with Crippen molar-refractivity contribution in [3.63, 3.8) is 0 Å². The lowest BCUT2D eigenvalue weighted by molar-refractivity contribution is -0.0563. The number of benzene rings is 2. The molecule has 2 atom stereocenters. The molecule has 5 nitrogen and oxygen atoms in total. The molecule has 0 spiro atoms. The molecule has 23 heavy (non-hydrogen) atoms. The monoisotopic (exact) mass is 315 g/mol. The topological polar surface area (TPSA) is 71.0 Å². The van der Waals surface area contributed by atoms with Crippen molar-refractivity contribution in [3.8, 4) is 5.75 Å². The number of hydrogen-bond donors (Lipinski definition) is 3. The van der Waals surface area contributed by atoms with Gasteiger partial charge in [0.2, 0.25) is 0 Å². The second-order valence-electron chi connectivity index (χ2n) is 5.47. The van der Waals surface area contributed by atoms with Crippen molar-refractivity contribution in [2.45, 2.75) is 18.5 Å². The van der Waals surface area contributed by atoms with E-state index in [4.69, 9.17) is 9.47 Å². The Kier molecular flexibility index (Phi) is 5.25. The fourth-order valence-corrected chi connectivity index (χ4v) is 2.72. The van der Waals surface area contributed by atoms with Gasteiger partial charge in [-0.1, -0.05) is 48.5 Å². The summed E-state index contributed by atoms with van der Waals surface area (Å²) < 4.78 is 12.0. The SMILES string of the molecule is OC(O)c1ccccc1OC(c1ccccc1)C1CNCCO1. The first-order valence-electron chi connectivity index (χ1n) is 7.74. The predicted molar refractivity (Wildman–Crippen MR) is 86.0 cm³/mol. The van der Waals surface area contributed by atoms with Crippen molar-refractivity contribution < 1.29 is 19.7 Å². The molecule has 122 valence electrons. The van der Waals surface area contributed by atoms with Gasteiger partial charge in [0.05, 0.1) is 6.61 Å². The lowest BCUT2D eigenvalue weighted by Crippen LogP contribution is -2.43. The Morgan fingerprint density at radius 1 is 1.04 bits per heavy atom. The van der Waals surface area contributed by atoms with Gasteiger partial charge in [-0.3, -0.25) is 0 Å². The predicted octanol–water partition coefficient (Wildman–Crippen LogP) is 1.78. The second kappa shape index (κ2) is 7.57. The first-order valence-corrected chi connectivity index (χ1v) is 7.74. The van der Waals surface area contributed by atoms with Crippen LogP contribution in [0.4, 0.5) is 0 Å². The minimum atomic E-state index is -1.58. The van der Waals surface area contributed by atoms with E-state index in [9.17, 15) is 10.2 Å². The van der Waals surface area contributed by atoms with Crippen molar-refractivity contribution in [1.82, 2.24) is 5.32 Å². The third-order valence-electron chi connectivity index (χ3n) is 3.87. The fourth-order valence-electron chi connectivity index (χ4n) is 2.72. The van der Waals surface area contributed by atoms with Gasteiger partial charge in [0, 0.05) is 18.7 Å². The van der Waals surface area contributed by atoms with E-state index in [0.29, 0.717) is 24.5 Å². The van der Waals surface area contributed by atoms with Crippen molar-refractivity contribution in [2.75, 3.05) is 19.7 Å². The number of para-hydroxylation sites is 1. The third-order valence-corrected chi connectivity index (χ3v) is 3.87. The summed E-state index contributed by atoms with van der Waals surface area (Å²) in [6, 6.07) is 16.8. The number of hydrogen-bond acceptors (Lipinski definition) is 5. The summed E-state index contributed by atoms with van der Waals surface area (Å²) in [6.07, 6.45) is -2.05. The Hall–Kier alpha value is -1.92. The largest absolute Gasteiger partial charge is 0.482 e. The molecule has 1 aliphatic rings. The normalized spacial score (nSPS) is 19.5. The van der Waals surface area contributed by atoms with Crippen LogP contribution in [0.5, 0.6) is 5.75 Å². The molecule has 3 rings (SSSR count). The molecule has 0 aliphatic carbocycles. The van der Waals surface area contributed by atoms with Crippen molar-refractivity contribution >= 4 is 0 Å². The number of morpholine rings is 1. The Morgan fingerprint density at radius 2 is 1.78 bits per heavy atom. The number of rotatable bonds is 5. The molecular formula is C18H21NO4. The van der Waals surface area contributed by atoms with E-state index in [1.807, 2.05) is 36.4 Å². The number of aliphatic hydroxyl groups excluding tert-OH is 1. The summed E-state index contributed by atoms with van der Waals surface area (Å²) in [5.74, 6) is 0.450. The molecular weight excluding hydrogens is 294 g/mol. The summed E-state index contributed by atoms with van der Waals surface area (Å²) in [5, 5.41) is 22.4. The van der Waals surface area contributed by atoms with Crippen LogP contribution in [0.15, 0.2) is 54.6 Å². The highest BCUT2D eigenvalue weighted by Crippen LogP contribution is 2.31. The highest BCUT2D eigenvalue weighted by Gasteiger charge is 2.28. The van der Waals surface area contributed by atoms with Gasteiger partial charge in [-0.15, -0.1) is 0 Å². The van der Waals surface area contributed by atoms with Gasteiger partial charge in [-0.05, 0) is 11.6 Å². The van der Waals surface area contributed by atoms with Gasteiger partial charge in [0.15, 0.2) is 12.4 Å². The molecule has 1 saturated heterocycles.